The first-order chi connectivity index (χ1) is 14.5. The molecule has 1 N–H and O–H groups in total. The van der Waals surface area contributed by atoms with E-state index in [1.165, 1.54) is 17.8 Å². The molecule has 0 unspecified atom stereocenters. The summed E-state index contributed by atoms with van der Waals surface area (Å²) in [5, 5.41) is 4.59. The van der Waals surface area contributed by atoms with Crippen molar-refractivity contribution >= 4 is 45.9 Å². The fourth-order valence-electron chi connectivity index (χ4n) is 3.30. The largest absolute Gasteiger partial charge is 0.342 e. The van der Waals surface area contributed by atoms with E-state index in [4.69, 9.17) is 11.6 Å². The summed E-state index contributed by atoms with van der Waals surface area (Å²) >= 11 is 7.61. The number of nitrogens with one attached hydrogen (secondary N) is 1. The number of carbonyl (C=O) groups is 1. The molecule has 0 bridgehead atoms. The van der Waals surface area contributed by atoms with Crippen LogP contribution in [0.15, 0.2) is 77.8 Å². The van der Waals surface area contributed by atoms with E-state index in [9.17, 15) is 9.18 Å². The zero-order chi connectivity index (χ0) is 21.1. The maximum atomic E-state index is 13.6. The minimum absolute atomic E-state index is 0.0955. The molecule has 0 saturated heterocycles. The van der Waals surface area contributed by atoms with Crippen molar-refractivity contribution in [3.05, 3.63) is 94.9 Å². The molecule has 0 fully saturated rings. The first kappa shape index (κ1) is 20.5. The number of aryl methyl sites for hydroxylation is 1. The van der Waals surface area contributed by atoms with Gasteiger partial charge < -0.3 is 9.88 Å². The number of fused-ring (bicyclic) bond motifs is 1. The number of benzene rings is 3. The van der Waals surface area contributed by atoms with Crippen LogP contribution >= 0.6 is 23.4 Å². The van der Waals surface area contributed by atoms with E-state index in [1.54, 1.807) is 18.2 Å². The highest BCUT2D eigenvalue weighted by molar-refractivity contribution is 8.00. The van der Waals surface area contributed by atoms with E-state index in [0.29, 0.717) is 17.3 Å². The minimum Gasteiger partial charge on any atom is -0.342 e. The zero-order valence-electron chi connectivity index (χ0n) is 16.4. The number of anilines is 1. The van der Waals surface area contributed by atoms with Crippen molar-refractivity contribution in [2.75, 3.05) is 11.1 Å². The van der Waals surface area contributed by atoms with E-state index < -0.39 is 0 Å². The summed E-state index contributed by atoms with van der Waals surface area (Å²) in [4.78, 5) is 13.4. The van der Waals surface area contributed by atoms with Gasteiger partial charge in [-0.25, -0.2) is 4.39 Å². The maximum Gasteiger partial charge on any atom is 0.234 e. The molecule has 4 aromatic rings. The van der Waals surface area contributed by atoms with Crippen LogP contribution in [-0.2, 0) is 11.3 Å². The smallest absolute Gasteiger partial charge is 0.234 e. The molecule has 3 aromatic carbocycles. The molecule has 0 saturated carbocycles. The molecule has 6 heteroatoms. The Morgan fingerprint density at radius 2 is 1.93 bits per heavy atom. The van der Waals surface area contributed by atoms with Crippen molar-refractivity contribution < 1.29 is 9.18 Å². The van der Waals surface area contributed by atoms with E-state index >= 15 is 0 Å². The van der Waals surface area contributed by atoms with Gasteiger partial charge in [0.05, 0.1) is 5.75 Å². The molecule has 0 aliphatic rings. The number of thioether (sulfide) groups is 1. The molecular formula is C24H20ClFN2OS. The summed E-state index contributed by atoms with van der Waals surface area (Å²) in [5.41, 5.74) is 3.59. The third kappa shape index (κ3) is 4.69. The lowest BCUT2D eigenvalue weighted by atomic mass is 10.2. The molecular weight excluding hydrogens is 419 g/mol. The van der Waals surface area contributed by atoms with E-state index in [-0.39, 0.29) is 17.5 Å². The number of halogens is 2. The molecule has 30 heavy (non-hydrogen) atoms. The fraction of sp³-hybridized carbons (Fsp3) is 0.125. The van der Waals surface area contributed by atoms with Crippen molar-refractivity contribution in [2.24, 2.45) is 0 Å². The van der Waals surface area contributed by atoms with Gasteiger partial charge in [0.15, 0.2) is 0 Å². The van der Waals surface area contributed by atoms with Crippen molar-refractivity contribution in [1.82, 2.24) is 4.57 Å². The molecule has 4 rings (SSSR count). The number of hydrogen-bond donors (Lipinski definition) is 1. The van der Waals surface area contributed by atoms with Crippen LogP contribution in [-0.4, -0.2) is 16.2 Å². The third-order valence-corrected chi connectivity index (χ3v) is 6.26. The monoisotopic (exact) mass is 438 g/mol. The highest BCUT2D eigenvalue weighted by Gasteiger charge is 2.12. The van der Waals surface area contributed by atoms with Crippen LogP contribution in [0.4, 0.5) is 10.1 Å². The van der Waals surface area contributed by atoms with Crippen molar-refractivity contribution in [3.63, 3.8) is 0 Å². The van der Waals surface area contributed by atoms with Gasteiger partial charge in [-0.3, -0.25) is 4.79 Å². The van der Waals surface area contributed by atoms with Gasteiger partial charge in [-0.1, -0.05) is 48.0 Å². The summed E-state index contributed by atoms with van der Waals surface area (Å²) in [6.07, 6.45) is 2.02. The Kier molecular flexibility index (Phi) is 6.11. The number of para-hydroxylation sites is 1. The molecule has 0 aliphatic heterocycles. The summed E-state index contributed by atoms with van der Waals surface area (Å²) in [6, 6.07) is 20.1. The standard InChI is InChI=1S/C24H20ClFN2OS/c1-16-9-10-19(12-21(16)25)27-24(29)15-30-23-14-28(22-8-3-2-7-20(22)23)13-17-5-4-6-18(26)11-17/h2-12,14H,13,15H2,1H3,(H,27,29). The Morgan fingerprint density at radius 1 is 1.10 bits per heavy atom. The molecule has 1 amide bonds. The van der Waals surface area contributed by atoms with Gasteiger partial charge in [-0.2, -0.15) is 0 Å². The average molecular weight is 439 g/mol. The van der Waals surface area contributed by atoms with Crippen LogP contribution in [0.1, 0.15) is 11.1 Å². The lowest BCUT2D eigenvalue weighted by Gasteiger charge is -2.06. The highest BCUT2D eigenvalue weighted by atomic mass is 35.5. The Hall–Kier alpha value is -2.76. The van der Waals surface area contributed by atoms with Gasteiger partial charge in [0.2, 0.25) is 5.91 Å². The van der Waals surface area contributed by atoms with Crippen molar-refractivity contribution in [1.29, 1.82) is 0 Å². The fourth-order valence-corrected chi connectivity index (χ4v) is 4.37. The normalized spacial score (nSPS) is 11.0. The number of amides is 1. The minimum atomic E-state index is -0.244. The van der Waals surface area contributed by atoms with Crippen molar-refractivity contribution in [2.45, 2.75) is 18.4 Å². The third-order valence-electron chi connectivity index (χ3n) is 4.81. The van der Waals surface area contributed by atoms with Crippen LogP contribution < -0.4 is 5.32 Å². The van der Waals surface area contributed by atoms with Crippen molar-refractivity contribution in [3.8, 4) is 0 Å². The predicted molar refractivity (Wildman–Crippen MR) is 123 cm³/mol. The number of carbonyl (C=O) groups excluding carboxylic acids is 1. The van der Waals surface area contributed by atoms with Crippen LogP contribution in [0.5, 0.6) is 0 Å². The molecule has 0 atom stereocenters. The summed E-state index contributed by atoms with van der Waals surface area (Å²) in [5.74, 6) is -0.0623. The molecule has 0 spiro atoms. The van der Waals surface area contributed by atoms with E-state index in [1.807, 2.05) is 55.6 Å². The summed E-state index contributed by atoms with van der Waals surface area (Å²) in [6.45, 7) is 2.48. The number of nitrogens with zero attached hydrogens (tertiary/aromatic N) is 1. The Balaban J connectivity index is 1.50. The Bertz CT molecular complexity index is 1220. The van der Waals surface area contributed by atoms with Crippen LogP contribution in [0.25, 0.3) is 10.9 Å². The predicted octanol–water partition coefficient (Wildman–Crippen LogP) is 6.52. The molecule has 1 heterocycles. The average Bonchev–Trinajstić information content (AvgIpc) is 3.07. The quantitative estimate of drug-likeness (QED) is 0.347. The van der Waals surface area contributed by atoms with Gasteiger partial charge >= 0.3 is 0 Å². The van der Waals surface area contributed by atoms with Gasteiger partial charge in [-0.05, 0) is 48.4 Å². The van der Waals surface area contributed by atoms with Crippen LogP contribution in [0, 0.1) is 12.7 Å². The summed E-state index contributed by atoms with van der Waals surface area (Å²) < 4.78 is 15.6. The van der Waals surface area contributed by atoms with E-state index in [2.05, 4.69) is 9.88 Å². The number of rotatable bonds is 6. The topological polar surface area (TPSA) is 34.0 Å². The number of aromatic nitrogens is 1. The number of hydrogen-bond acceptors (Lipinski definition) is 2. The lowest BCUT2D eigenvalue weighted by molar-refractivity contribution is -0.113. The van der Waals surface area contributed by atoms with Crippen LogP contribution in [0.2, 0.25) is 5.02 Å². The van der Waals surface area contributed by atoms with Crippen LogP contribution in [0.3, 0.4) is 0 Å². The van der Waals surface area contributed by atoms with Gasteiger partial charge in [0.1, 0.15) is 5.82 Å². The molecule has 0 radical (unpaired) electrons. The molecule has 0 aliphatic carbocycles. The Morgan fingerprint density at radius 3 is 2.73 bits per heavy atom. The van der Waals surface area contributed by atoms with Gasteiger partial charge in [0.25, 0.3) is 0 Å². The second-order valence-corrected chi connectivity index (χ2v) is 8.49. The highest BCUT2D eigenvalue weighted by Crippen LogP contribution is 2.31. The first-order valence-corrected chi connectivity index (χ1v) is 10.9. The van der Waals surface area contributed by atoms with Gasteiger partial charge in [0, 0.05) is 39.3 Å². The molecule has 152 valence electrons. The second kappa shape index (κ2) is 8.94. The lowest BCUT2D eigenvalue weighted by Crippen LogP contribution is -2.13. The second-order valence-electron chi connectivity index (χ2n) is 7.07. The zero-order valence-corrected chi connectivity index (χ0v) is 17.9. The first-order valence-electron chi connectivity index (χ1n) is 9.51. The van der Waals surface area contributed by atoms with Gasteiger partial charge in [-0.15, -0.1) is 11.8 Å². The van der Waals surface area contributed by atoms with E-state index in [0.717, 1.165) is 26.9 Å². The molecule has 3 nitrogen and oxygen atoms in total. The Labute approximate surface area is 183 Å². The summed E-state index contributed by atoms with van der Waals surface area (Å²) in [7, 11) is 0. The molecule has 1 aromatic heterocycles. The maximum absolute atomic E-state index is 13.6. The SMILES string of the molecule is Cc1ccc(NC(=O)CSc2cn(Cc3cccc(F)c3)c3ccccc23)cc1Cl.